The highest BCUT2D eigenvalue weighted by Gasteiger charge is 2.41. The Morgan fingerprint density at radius 1 is 1.04 bits per heavy atom. The molecule has 2 bridgehead atoms. The Balaban J connectivity index is 0.847. The van der Waals surface area contributed by atoms with Crippen LogP contribution in [-0.4, -0.2) is 121 Å². The second-order valence-electron chi connectivity index (χ2n) is 20.5. The smallest absolute Gasteiger partial charge is 0.319 e. The molecule has 19 nitrogen and oxygen atoms in total. The summed E-state index contributed by atoms with van der Waals surface area (Å²) >= 11 is 7.39. The number of nitriles is 1. The highest BCUT2D eigenvalue weighted by atomic mass is 35.5. The van der Waals surface area contributed by atoms with E-state index in [0.29, 0.717) is 75.1 Å². The fraction of sp³-hybridized carbons (Fsp3) is 0.351. The summed E-state index contributed by atoms with van der Waals surface area (Å²) in [5.41, 5.74) is 12.0. The first-order chi connectivity index (χ1) is 38.3. The molecule has 406 valence electrons. The number of thiophene rings is 1. The van der Waals surface area contributed by atoms with E-state index in [1.807, 2.05) is 69.3 Å². The summed E-state index contributed by atoms with van der Waals surface area (Å²) in [6.07, 6.45) is 8.54. The number of nitrogens with zero attached hydrogens (tertiary/aromatic N) is 10. The number of piperazine rings is 1. The normalized spacial score (nSPS) is 18.1. The zero-order valence-corrected chi connectivity index (χ0v) is 45.3. The molecule has 0 radical (unpaired) electrons. The number of nitrogens with two attached hydrogens (primary N) is 1. The van der Waals surface area contributed by atoms with E-state index >= 15 is 4.39 Å². The van der Waals surface area contributed by atoms with Gasteiger partial charge < -0.3 is 45.5 Å². The first-order valence-electron chi connectivity index (χ1n) is 26.1. The molecule has 2 amide bonds. The van der Waals surface area contributed by atoms with Crippen LogP contribution in [0.3, 0.4) is 0 Å². The molecular formula is C57H57ClFN13O6S. The van der Waals surface area contributed by atoms with Crippen molar-refractivity contribution in [2.45, 2.75) is 83.0 Å². The van der Waals surface area contributed by atoms with Crippen LogP contribution in [0, 0.1) is 23.1 Å². The van der Waals surface area contributed by atoms with Gasteiger partial charge in [-0.3, -0.25) is 19.6 Å². The quantitative estimate of drug-likeness (QED) is 0.0635. The highest BCUT2D eigenvalue weighted by Crippen LogP contribution is 2.46. The molecule has 3 aliphatic rings. The molecular weight excluding hydrogens is 1050 g/mol. The van der Waals surface area contributed by atoms with E-state index in [4.69, 9.17) is 46.5 Å². The second-order valence-corrected chi connectivity index (χ2v) is 21.9. The summed E-state index contributed by atoms with van der Waals surface area (Å²) in [7, 11) is 1.60. The molecule has 3 aliphatic heterocycles. The molecule has 5 unspecified atom stereocenters. The Bertz CT molecular complexity index is 3630. The van der Waals surface area contributed by atoms with Crippen LogP contribution >= 0.6 is 22.9 Å². The van der Waals surface area contributed by atoms with E-state index in [1.54, 1.807) is 53.6 Å². The number of fused-ring (bicyclic) bond motifs is 4. The Morgan fingerprint density at radius 3 is 2.54 bits per heavy atom. The van der Waals surface area contributed by atoms with Gasteiger partial charge in [-0.25, -0.2) is 9.07 Å². The minimum Gasteiger partial charge on any atom is -0.484 e. The van der Waals surface area contributed by atoms with Crippen LogP contribution in [0.4, 0.5) is 15.2 Å². The lowest BCUT2D eigenvalue weighted by molar-refractivity contribution is -0.142. The molecule has 0 saturated carbocycles. The van der Waals surface area contributed by atoms with E-state index < -0.39 is 23.9 Å². The van der Waals surface area contributed by atoms with E-state index in [0.717, 1.165) is 53.1 Å². The summed E-state index contributed by atoms with van der Waals surface area (Å²) in [5, 5.41) is 37.9. The van der Waals surface area contributed by atoms with Crippen LogP contribution in [0.15, 0.2) is 91.5 Å². The number of anilines is 2. The van der Waals surface area contributed by atoms with Gasteiger partial charge >= 0.3 is 6.01 Å². The molecule has 8 heterocycles. The maximum absolute atomic E-state index is 15.5. The van der Waals surface area contributed by atoms with Crippen molar-refractivity contribution in [1.82, 2.24) is 50.5 Å². The zero-order valence-electron chi connectivity index (χ0n) is 43.8. The van der Waals surface area contributed by atoms with Crippen LogP contribution in [0.25, 0.3) is 54.6 Å². The first kappa shape index (κ1) is 53.1. The van der Waals surface area contributed by atoms with Gasteiger partial charge in [0.15, 0.2) is 5.75 Å². The number of carbonyl (C=O) groups is 2. The molecule has 0 aliphatic carbocycles. The van der Waals surface area contributed by atoms with E-state index in [2.05, 4.69) is 36.9 Å². The number of ether oxygens (including phenoxy) is 3. The molecule has 5 aromatic heterocycles. The monoisotopic (exact) mass is 1110 g/mol. The number of pyridine rings is 2. The number of aliphatic hydroxyl groups excluding tert-OH is 1. The Kier molecular flexibility index (Phi) is 15.1. The van der Waals surface area contributed by atoms with Crippen LogP contribution in [0.2, 0.25) is 5.02 Å². The highest BCUT2D eigenvalue weighted by molar-refractivity contribution is 7.23. The number of halogens is 2. The fourth-order valence-corrected chi connectivity index (χ4v) is 12.0. The Labute approximate surface area is 463 Å². The third-order valence-electron chi connectivity index (χ3n) is 15.1. The standard InChI is InChI=1S/C57H57ClFN13O6S/c1-30(2)50(56(75)70-19-5-6-46(70)55(74)65-45(27-73)35-13-11-33(12-14-35)40-23-62-18-17-42(40)58)72-26-44(68-69-72)34-9-7-32(8-10-34)29-77-51-48(38-15-16-43(59)52-47(38)39(21-60)53(61)79-52)64-24-41-49(51)66-57(78-28-31(3)76-4)67-54(41)71-25-36-20-37(71)22-63-36/h7-18,23-24,26,30-31,36-37,45-46,50,63,73H,5-6,19-20,22,25,27-29,61H2,1-4H3,(H,65,74)/t31-,36?,37?,45?,46?,50?/m0/s1. The van der Waals surface area contributed by atoms with Crippen molar-refractivity contribution in [2.24, 2.45) is 5.92 Å². The number of benzene rings is 3. The van der Waals surface area contributed by atoms with Crippen molar-refractivity contribution in [3.05, 3.63) is 119 Å². The largest absolute Gasteiger partial charge is 0.484 e. The second kappa shape index (κ2) is 22.5. The van der Waals surface area contributed by atoms with E-state index in [-0.39, 0.29) is 76.7 Å². The average molecular weight is 1110 g/mol. The van der Waals surface area contributed by atoms with Gasteiger partial charge in [0.2, 0.25) is 11.8 Å². The number of nitrogens with one attached hydrogen (secondary N) is 2. The number of hydrogen-bond acceptors (Lipinski definition) is 17. The number of aliphatic hydroxyl groups is 1. The summed E-state index contributed by atoms with van der Waals surface area (Å²) in [4.78, 5) is 51.4. The number of methoxy groups -OCH3 is 1. The lowest BCUT2D eigenvalue weighted by Crippen LogP contribution is -2.50. The van der Waals surface area contributed by atoms with Crippen LogP contribution < -0.4 is 30.7 Å². The SMILES string of the molecule is CO[C@@H](C)COc1nc(N2CC3CC2CN3)c2cnc(-c3ccc(F)c4sc(N)c(C#N)c34)c(OCc3ccc(-c4cn(C(C(=O)N5CCCC5C(=O)NC(CO)c5ccc(-c6cnccc6Cl)cc5)C(C)C)nn4)cc3)c2n1. The van der Waals surface area contributed by atoms with E-state index in [1.165, 1.54) is 6.07 Å². The molecule has 6 atom stereocenters. The molecule has 22 heteroatoms. The van der Waals surface area contributed by atoms with Gasteiger partial charge in [0.25, 0.3) is 0 Å². The summed E-state index contributed by atoms with van der Waals surface area (Å²) in [5.74, 6) is -0.421. The summed E-state index contributed by atoms with van der Waals surface area (Å²) in [6, 6.07) is 20.2. The molecule has 3 fully saturated rings. The molecule has 0 spiro atoms. The lowest BCUT2D eigenvalue weighted by Gasteiger charge is -2.30. The third-order valence-corrected chi connectivity index (χ3v) is 16.4. The minimum atomic E-state index is -0.765. The predicted octanol–water partition coefficient (Wildman–Crippen LogP) is 8.05. The molecule has 5 N–H and O–H groups in total. The number of rotatable bonds is 18. The van der Waals surface area contributed by atoms with Crippen LogP contribution in [0.1, 0.15) is 68.8 Å². The molecule has 11 rings (SSSR count). The number of aromatic nitrogens is 7. The topological polar surface area (TPSA) is 245 Å². The lowest BCUT2D eigenvalue weighted by atomic mass is 10.0. The van der Waals surface area contributed by atoms with Crippen molar-refractivity contribution in [1.29, 1.82) is 5.26 Å². The number of amides is 2. The first-order valence-corrected chi connectivity index (χ1v) is 27.3. The number of nitrogen functional groups attached to an aromatic ring is 1. The van der Waals surface area contributed by atoms with Crippen LogP contribution in [-0.2, 0) is 20.9 Å². The van der Waals surface area contributed by atoms with Gasteiger partial charge in [-0.2, -0.15) is 15.2 Å². The number of carbonyl (C=O) groups excluding carboxylic acids is 2. The van der Waals surface area contributed by atoms with Crippen molar-refractivity contribution >= 4 is 66.6 Å². The molecule has 79 heavy (non-hydrogen) atoms. The van der Waals surface area contributed by atoms with Crippen molar-refractivity contribution in [3.63, 3.8) is 0 Å². The van der Waals surface area contributed by atoms with Crippen molar-refractivity contribution < 1.29 is 33.3 Å². The Morgan fingerprint density at radius 2 is 1.84 bits per heavy atom. The average Bonchev–Trinajstić information content (AvgIpc) is 4.49. The maximum atomic E-state index is 15.5. The summed E-state index contributed by atoms with van der Waals surface area (Å²) in [6.45, 7) is 7.53. The molecule has 8 aromatic rings. The van der Waals surface area contributed by atoms with E-state index in [9.17, 15) is 20.0 Å². The fourth-order valence-electron chi connectivity index (χ4n) is 10.9. The van der Waals surface area contributed by atoms with Gasteiger partial charge in [-0.15, -0.1) is 16.4 Å². The number of likely N-dealkylation sites (tertiary alicyclic amines) is 1. The predicted molar refractivity (Wildman–Crippen MR) is 298 cm³/mol. The minimum absolute atomic E-state index is 0.0396. The Hall–Kier alpha value is -7.87. The zero-order chi connectivity index (χ0) is 55.1. The van der Waals surface area contributed by atoms with Crippen molar-refractivity contribution in [3.8, 4) is 51.5 Å². The number of hydrogen-bond donors (Lipinski definition) is 4. The van der Waals surface area contributed by atoms with Crippen LogP contribution in [0.5, 0.6) is 11.8 Å². The van der Waals surface area contributed by atoms with Gasteiger partial charge in [0, 0.05) is 79.5 Å². The maximum Gasteiger partial charge on any atom is 0.319 e. The van der Waals surface area contributed by atoms with Gasteiger partial charge in [0.05, 0.1) is 45.6 Å². The van der Waals surface area contributed by atoms with Gasteiger partial charge in [-0.1, -0.05) is 79.2 Å². The molecule has 3 saturated heterocycles. The van der Waals surface area contributed by atoms with Crippen molar-refractivity contribution in [2.75, 3.05) is 50.6 Å². The van der Waals surface area contributed by atoms with Gasteiger partial charge in [-0.05, 0) is 67.0 Å². The molecule has 3 aromatic carbocycles. The summed E-state index contributed by atoms with van der Waals surface area (Å²) < 4.78 is 35.7. The van der Waals surface area contributed by atoms with Gasteiger partial charge in [0.1, 0.15) is 64.9 Å². The third kappa shape index (κ3) is 10.4.